The van der Waals surface area contributed by atoms with Crippen LogP contribution in [0.1, 0.15) is 6.85 Å². The van der Waals surface area contributed by atoms with Crippen molar-refractivity contribution in [3.63, 3.8) is 0 Å². The minimum atomic E-state index is -0.410. The zero-order valence-corrected chi connectivity index (χ0v) is 27.4. The van der Waals surface area contributed by atoms with E-state index in [0.717, 1.165) is 83.1 Å². The normalized spacial score (nSPS) is 12.9. The van der Waals surface area contributed by atoms with E-state index in [-0.39, 0.29) is 29.9 Å². The lowest BCUT2D eigenvalue weighted by molar-refractivity contribution is 0.669. The molecule has 0 atom stereocenters. The molecule has 0 aliphatic heterocycles. The smallest absolute Gasteiger partial charge is 0.159 e. The van der Waals surface area contributed by atoms with Gasteiger partial charge in [0.1, 0.15) is 5.58 Å². The zero-order chi connectivity index (χ0) is 38.1. The van der Waals surface area contributed by atoms with Crippen LogP contribution in [0.25, 0.3) is 71.7 Å². The van der Waals surface area contributed by atoms with Crippen molar-refractivity contribution in [2.45, 2.75) is 0 Å². The van der Waals surface area contributed by atoms with Crippen molar-refractivity contribution >= 4 is 60.8 Å². The molecular formula is C48H32N2O. The Bertz CT molecular complexity index is 3100. The van der Waals surface area contributed by atoms with Crippen molar-refractivity contribution in [1.82, 2.24) is 4.57 Å². The van der Waals surface area contributed by atoms with Gasteiger partial charge >= 0.3 is 0 Å². The number of fused-ring (bicyclic) bond motifs is 6. The second-order valence-electron chi connectivity index (χ2n) is 12.6. The maximum absolute atomic E-state index is 8.74. The molecule has 0 amide bonds. The van der Waals surface area contributed by atoms with Crippen molar-refractivity contribution in [3.8, 4) is 27.9 Å². The molecule has 0 spiro atoms. The quantitative estimate of drug-likeness (QED) is 0.177. The zero-order valence-electron chi connectivity index (χ0n) is 32.4. The molecule has 240 valence electrons. The summed E-state index contributed by atoms with van der Waals surface area (Å²) in [4.78, 5) is 2.24. The van der Waals surface area contributed by atoms with Gasteiger partial charge in [0.25, 0.3) is 0 Å². The maximum Gasteiger partial charge on any atom is 0.159 e. The number of aromatic nitrogens is 1. The Kier molecular flexibility index (Phi) is 5.69. The van der Waals surface area contributed by atoms with E-state index < -0.39 is 6.04 Å². The number of furan rings is 1. The first kappa shape index (κ1) is 24.3. The standard InChI is InChI=1S/C48H32N2O/c1-3-12-33(13-4-1)34-22-27-38(28-23-34)49(46-20-11-18-42-41-17-8-10-21-47(41)51-48(42)46)39-29-24-35(25-30-39)36-26-31-45-43(32-36)40-16-7-9-19-44(40)50(45)37-14-5-2-6-15-37/h1-32H/i2D,5D,6D,14D,15D. The Morgan fingerprint density at radius 3 is 1.80 bits per heavy atom. The Labute approximate surface area is 302 Å². The van der Waals surface area contributed by atoms with Gasteiger partial charge < -0.3 is 13.9 Å². The summed E-state index contributed by atoms with van der Waals surface area (Å²) in [7, 11) is 0. The minimum absolute atomic E-state index is 0.135. The van der Waals surface area contributed by atoms with Crippen LogP contribution in [0.2, 0.25) is 0 Å². The average molecular weight is 658 g/mol. The molecule has 0 fully saturated rings. The van der Waals surface area contributed by atoms with Crippen LogP contribution in [0.15, 0.2) is 198 Å². The molecule has 10 aromatic rings. The van der Waals surface area contributed by atoms with E-state index in [1.54, 1.807) is 4.57 Å². The Morgan fingerprint density at radius 2 is 1.04 bits per heavy atom. The number of rotatable bonds is 6. The Balaban J connectivity index is 1.10. The number of benzene rings is 8. The summed E-state index contributed by atoms with van der Waals surface area (Å²) in [5, 5.41) is 3.97. The molecule has 0 bridgehead atoms. The van der Waals surface area contributed by atoms with E-state index in [9.17, 15) is 0 Å². The van der Waals surface area contributed by atoms with Gasteiger partial charge in [0.15, 0.2) is 5.58 Å². The van der Waals surface area contributed by atoms with Gasteiger partial charge in [-0.05, 0) is 88.9 Å². The third-order valence-corrected chi connectivity index (χ3v) is 9.70. The van der Waals surface area contributed by atoms with Gasteiger partial charge in [-0.2, -0.15) is 0 Å². The molecule has 0 unspecified atom stereocenters. The summed E-state index contributed by atoms with van der Waals surface area (Å²) >= 11 is 0. The van der Waals surface area contributed by atoms with E-state index >= 15 is 0 Å². The van der Waals surface area contributed by atoms with Gasteiger partial charge in [0.2, 0.25) is 0 Å². The first-order valence-electron chi connectivity index (χ1n) is 19.4. The fourth-order valence-electron chi connectivity index (χ4n) is 7.32. The summed E-state index contributed by atoms with van der Waals surface area (Å²) in [6.45, 7) is 0. The molecule has 0 saturated heterocycles. The second-order valence-corrected chi connectivity index (χ2v) is 12.6. The highest BCUT2D eigenvalue weighted by atomic mass is 16.3. The van der Waals surface area contributed by atoms with Gasteiger partial charge in [-0.3, -0.25) is 0 Å². The summed E-state index contributed by atoms with van der Waals surface area (Å²) in [6, 6.07) is 54.2. The molecule has 10 rings (SSSR count). The molecule has 2 heterocycles. The molecule has 3 nitrogen and oxygen atoms in total. The molecular weight excluding hydrogens is 621 g/mol. The van der Waals surface area contributed by atoms with E-state index in [4.69, 9.17) is 11.3 Å². The van der Waals surface area contributed by atoms with Gasteiger partial charge in [-0.15, -0.1) is 0 Å². The van der Waals surface area contributed by atoms with Gasteiger partial charge in [0, 0.05) is 38.6 Å². The second kappa shape index (κ2) is 11.9. The number of nitrogens with zero attached hydrogens (tertiary/aromatic N) is 2. The summed E-state index contributed by atoms with van der Waals surface area (Å²) in [5.41, 5.74) is 10.5. The predicted molar refractivity (Wildman–Crippen MR) is 214 cm³/mol. The van der Waals surface area contributed by atoms with Crippen LogP contribution in [0.4, 0.5) is 17.1 Å². The molecule has 2 aromatic heterocycles. The van der Waals surface area contributed by atoms with Crippen LogP contribution in [0.5, 0.6) is 0 Å². The van der Waals surface area contributed by atoms with Crippen molar-refractivity contribution in [1.29, 1.82) is 0 Å². The van der Waals surface area contributed by atoms with E-state index in [1.807, 2.05) is 60.7 Å². The van der Waals surface area contributed by atoms with E-state index in [0.29, 0.717) is 0 Å². The van der Waals surface area contributed by atoms with Crippen LogP contribution in [-0.2, 0) is 0 Å². The van der Waals surface area contributed by atoms with Crippen LogP contribution >= 0.6 is 0 Å². The van der Waals surface area contributed by atoms with Gasteiger partial charge in [0.05, 0.1) is 23.6 Å². The van der Waals surface area contributed by atoms with Crippen LogP contribution in [-0.4, -0.2) is 4.57 Å². The summed E-state index contributed by atoms with van der Waals surface area (Å²) in [6.07, 6.45) is 0. The maximum atomic E-state index is 8.74. The summed E-state index contributed by atoms with van der Waals surface area (Å²) in [5.74, 6) is 0. The molecule has 0 aliphatic carbocycles. The lowest BCUT2D eigenvalue weighted by Gasteiger charge is -2.26. The Hall–Kier alpha value is -6.84. The topological polar surface area (TPSA) is 21.3 Å². The van der Waals surface area contributed by atoms with Crippen molar-refractivity contribution < 1.29 is 11.3 Å². The lowest BCUT2D eigenvalue weighted by Crippen LogP contribution is -2.10. The van der Waals surface area contributed by atoms with Crippen molar-refractivity contribution in [2.24, 2.45) is 0 Å². The SMILES string of the molecule is [2H]c1c([2H])c([2H])c(-n2c3ccccc3c3cc(-c4ccc(N(c5ccc(-c6ccccc6)cc5)c5cccc6c5oc5ccccc56)cc4)ccc32)c([2H])c1[2H]. The molecule has 0 N–H and O–H groups in total. The Morgan fingerprint density at radius 1 is 0.451 bits per heavy atom. The van der Waals surface area contributed by atoms with Crippen molar-refractivity contribution in [3.05, 3.63) is 194 Å². The highest BCUT2D eigenvalue weighted by Gasteiger charge is 2.20. The van der Waals surface area contributed by atoms with Crippen LogP contribution < -0.4 is 4.90 Å². The number of hydrogen-bond donors (Lipinski definition) is 0. The molecule has 51 heavy (non-hydrogen) atoms. The van der Waals surface area contributed by atoms with Crippen molar-refractivity contribution in [2.75, 3.05) is 4.90 Å². The third-order valence-electron chi connectivity index (χ3n) is 9.70. The molecule has 0 aliphatic rings. The first-order valence-corrected chi connectivity index (χ1v) is 16.9. The monoisotopic (exact) mass is 657 g/mol. The lowest BCUT2D eigenvalue weighted by atomic mass is 10.0. The molecule has 8 aromatic carbocycles. The van der Waals surface area contributed by atoms with Gasteiger partial charge in [-0.25, -0.2) is 0 Å². The summed E-state index contributed by atoms with van der Waals surface area (Å²) < 4.78 is 50.6. The molecule has 0 saturated carbocycles. The molecule has 0 radical (unpaired) electrons. The predicted octanol–water partition coefficient (Wildman–Crippen LogP) is 13.5. The van der Waals surface area contributed by atoms with E-state index in [2.05, 4.69) is 108 Å². The highest BCUT2D eigenvalue weighted by Crippen LogP contribution is 2.43. The van der Waals surface area contributed by atoms with Crippen LogP contribution in [0.3, 0.4) is 0 Å². The number of hydrogen-bond acceptors (Lipinski definition) is 2. The largest absolute Gasteiger partial charge is 0.454 e. The fraction of sp³-hybridized carbons (Fsp3) is 0. The number of anilines is 3. The fourth-order valence-corrected chi connectivity index (χ4v) is 7.32. The third kappa shape index (κ3) is 4.90. The number of para-hydroxylation sites is 4. The van der Waals surface area contributed by atoms with Gasteiger partial charge in [-0.1, -0.05) is 127 Å². The molecule has 3 heteroatoms. The van der Waals surface area contributed by atoms with E-state index in [1.165, 1.54) is 0 Å². The average Bonchev–Trinajstić information content (AvgIpc) is 3.79. The highest BCUT2D eigenvalue weighted by molar-refractivity contribution is 6.11. The first-order chi connectivity index (χ1) is 27.4. The van der Waals surface area contributed by atoms with Crippen LogP contribution in [0, 0.1) is 0 Å². The minimum Gasteiger partial charge on any atom is -0.454 e.